The smallest absolute Gasteiger partial charge is 0.282 e. The summed E-state index contributed by atoms with van der Waals surface area (Å²) in [5.41, 5.74) is 1.67. The van der Waals surface area contributed by atoms with Gasteiger partial charge < -0.3 is 9.64 Å². The third kappa shape index (κ3) is 4.11. The number of benzene rings is 1. The largest absolute Gasteiger partial charge is 0.373 e. The molecular weight excluding hydrogens is 394 g/mol. The molecule has 1 amide bonds. The summed E-state index contributed by atoms with van der Waals surface area (Å²) in [6, 6.07) is 7.37. The Bertz CT molecular complexity index is 997. The summed E-state index contributed by atoms with van der Waals surface area (Å²) in [5.74, 6) is -0.228. The van der Waals surface area contributed by atoms with E-state index in [0.29, 0.717) is 31.7 Å². The number of aromatic nitrogens is 2. The van der Waals surface area contributed by atoms with Crippen LogP contribution in [0.25, 0.3) is 11.0 Å². The molecule has 0 saturated carbocycles. The number of nitrogens with zero attached hydrogens (tertiary/aromatic N) is 5. The van der Waals surface area contributed by atoms with Crippen LogP contribution in [0.5, 0.6) is 0 Å². The summed E-state index contributed by atoms with van der Waals surface area (Å²) in [7, 11) is -3.57. The van der Waals surface area contributed by atoms with Gasteiger partial charge in [-0.2, -0.15) is 17.0 Å². The van der Waals surface area contributed by atoms with E-state index in [1.165, 1.54) is 14.8 Å². The Morgan fingerprint density at radius 1 is 1.00 bits per heavy atom. The molecule has 1 aromatic heterocycles. The molecule has 0 radical (unpaired) electrons. The summed E-state index contributed by atoms with van der Waals surface area (Å²) < 4.78 is 34.6. The third-order valence-corrected chi connectivity index (χ3v) is 7.20. The highest BCUT2D eigenvalue weighted by molar-refractivity contribution is 7.86. The molecular formula is C19H25N5O4S. The molecule has 0 aliphatic carbocycles. The van der Waals surface area contributed by atoms with Crippen LogP contribution >= 0.6 is 0 Å². The second kappa shape index (κ2) is 7.94. The van der Waals surface area contributed by atoms with Crippen LogP contribution in [0.1, 0.15) is 24.3 Å². The second-order valence-corrected chi connectivity index (χ2v) is 9.45. The predicted octanol–water partition coefficient (Wildman–Crippen LogP) is 0.742. The van der Waals surface area contributed by atoms with Crippen molar-refractivity contribution in [2.24, 2.45) is 0 Å². The first-order valence-corrected chi connectivity index (χ1v) is 11.2. The Morgan fingerprint density at radius 3 is 2.28 bits per heavy atom. The van der Waals surface area contributed by atoms with Gasteiger partial charge in [0.05, 0.1) is 29.4 Å². The number of amides is 1. The maximum atomic E-state index is 13.0. The normalized spacial score (nSPS) is 24.7. The lowest BCUT2D eigenvalue weighted by atomic mass is 10.2. The molecule has 2 atom stereocenters. The van der Waals surface area contributed by atoms with Crippen molar-refractivity contribution in [3.8, 4) is 0 Å². The maximum Gasteiger partial charge on any atom is 0.282 e. The van der Waals surface area contributed by atoms with E-state index in [2.05, 4.69) is 9.97 Å². The lowest BCUT2D eigenvalue weighted by molar-refractivity contribution is -0.0457. The lowest BCUT2D eigenvalue weighted by Gasteiger charge is -2.40. The van der Waals surface area contributed by atoms with E-state index in [1.54, 1.807) is 4.90 Å². The molecule has 10 heteroatoms. The minimum absolute atomic E-state index is 0.136. The molecule has 1 aromatic carbocycles. The van der Waals surface area contributed by atoms with E-state index in [4.69, 9.17) is 4.74 Å². The molecule has 2 aliphatic rings. The first kappa shape index (κ1) is 20.1. The van der Waals surface area contributed by atoms with Gasteiger partial charge in [0.25, 0.3) is 16.1 Å². The predicted molar refractivity (Wildman–Crippen MR) is 108 cm³/mol. The summed E-state index contributed by atoms with van der Waals surface area (Å²) in [5, 5.41) is 0. The van der Waals surface area contributed by atoms with Gasteiger partial charge in [0.2, 0.25) is 0 Å². The summed E-state index contributed by atoms with van der Waals surface area (Å²) >= 11 is 0. The number of carbonyl (C=O) groups excluding carboxylic acids is 1. The highest BCUT2D eigenvalue weighted by Gasteiger charge is 2.37. The fourth-order valence-electron chi connectivity index (χ4n) is 3.83. The Labute approximate surface area is 170 Å². The van der Waals surface area contributed by atoms with Gasteiger partial charge in [-0.25, -0.2) is 4.98 Å². The highest BCUT2D eigenvalue weighted by atomic mass is 32.2. The first-order chi connectivity index (χ1) is 13.8. The number of ether oxygens (including phenoxy) is 1. The van der Waals surface area contributed by atoms with Crippen LogP contribution < -0.4 is 0 Å². The van der Waals surface area contributed by atoms with Crippen LogP contribution in [0.4, 0.5) is 0 Å². The van der Waals surface area contributed by atoms with E-state index in [-0.39, 0.29) is 36.9 Å². The van der Waals surface area contributed by atoms with E-state index >= 15 is 0 Å². The molecule has 2 aliphatic heterocycles. The molecule has 29 heavy (non-hydrogen) atoms. The van der Waals surface area contributed by atoms with Crippen molar-refractivity contribution in [1.29, 1.82) is 0 Å². The van der Waals surface area contributed by atoms with Gasteiger partial charge in [0.15, 0.2) is 0 Å². The van der Waals surface area contributed by atoms with Crippen molar-refractivity contribution in [3.63, 3.8) is 0 Å². The first-order valence-electron chi connectivity index (χ1n) is 9.76. The molecule has 2 unspecified atom stereocenters. The standard InChI is InChI=1S/C19H25N5O4S/c1-14-12-24(13-15(2)28-14)29(26,27)23-9-7-22(8-10-23)19(25)18-11-20-16-5-3-4-6-17(16)21-18/h3-6,11,14-15H,7-10,12-13H2,1-2H3. The Hall–Kier alpha value is -2.14. The number of carbonyl (C=O) groups is 1. The Balaban J connectivity index is 1.42. The van der Waals surface area contributed by atoms with Crippen molar-refractivity contribution in [2.45, 2.75) is 26.1 Å². The van der Waals surface area contributed by atoms with Crippen LogP contribution in [-0.4, -0.2) is 89.3 Å². The molecule has 156 valence electrons. The molecule has 3 heterocycles. The average Bonchev–Trinajstić information content (AvgIpc) is 2.72. The summed E-state index contributed by atoms with van der Waals surface area (Å²) in [6.45, 7) is 5.60. The topological polar surface area (TPSA) is 95.9 Å². The highest BCUT2D eigenvalue weighted by Crippen LogP contribution is 2.19. The third-order valence-electron chi connectivity index (χ3n) is 5.23. The number of rotatable bonds is 3. The van der Waals surface area contributed by atoms with Crippen LogP contribution in [0.15, 0.2) is 30.5 Å². The molecule has 0 N–H and O–H groups in total. The summed E-state index contributed by atoms with van der Waals surface area (Å²) in [6.07, 6.45) is 1.20. The van der Waals surface area contributed by atoms with Crippen LogP contribution in [0.3, 0.4) is 0 Å². The van der Waals surface area contributed by atoms with Crippen LogP contribution in [0.2, 0.25) is 0 Å². The van der Waals surface area contributed by atoms with Crippen molar-refractivity contribution in [3.05, 3.63) is 36.2 Å². The van der Waals surface area contributed by atoms with Crippen LogP contribution in [0, 0.1) is 0 Å². The number of hydrogen-bond acceptors (Lipinski definition) is 6. The fourth-order valence-corrected chi connectivity index (χ4v) is 5.57. The van der Waals surface area contributed by atoms with Gasteiger partial charge >= 0.3 is 0 Å². The lowest BCUT2D eigenvalue weighted by Crippen LogP contribution is -2.57. The van der Waals surface area contributed by atoms with Gasteiger partial charge in [-0.3, -0.25) is 9.78 Å². The molecule has 4 rings (SSSR count). The Kier molecular flexibility index (Phi) is 5.52. The van der Waals surface area contributed by atoms with E-state index in [0.717, 1.165) is 5.52 Å². The van der Waals surface area contributed by atoms with Crippen molar-refractivity contribution in [2.75, 3.05) is 39.3 Å². The van der Waals surface area contributed by atoms with Crippen LogP contribution in [-0.2, 0) is 14.9 Å². The molecule has 2 fully saturated rings. The van der Waals surface area contributed by atoms with E-state index in [9.17, 15) is 13.2 Å². The van der Waals surface area contributed by atoms with Gasteiger partial charge in [0, 0.05) is 39.3 Å². The summed E-state index contributed by atoms with van der Waals surface area (Å²) in [4.78, 5) is 23.1. The fraction of sp³-hybridized carbons (Fsp3) is 0.526. The zero-order valence-electron chi connectivity index (χ0n) is 16.6. The van der Waals surface area contributed by atoms with Gasteiger partial charge in [-0.05, 0) is 26.0 Å². The van der Waals surface area contributed by atoms with Crippen molar-refractivity contribution < 1.29 is 17.9 Å². The molecule has 0 spiro atoms. The quantitative estimate of drug-likeness (QED) is 0.728. The van der Waals surface area contributed by atoms with E-state index in [1.807, 2.05) is 38.1 Å². The van der Waals surface area contributed by atoms with Gasteiger partial charge in [-0.15, -0.1) is 0 Å². The Morgan fingerprint density at radius 2 is 1.62 bits per heavy atom. The number of morpholine rings is 1. The SMILES string of the molecule is CC1CN(S(=O)(=O)N2CCN(C(=O)c3cnc4ccccc4n3)CC2)CC(C)O1. The number of piperazine rings is 1. The maximum absolute atomic E-state index is 13.0. The van der Waals surface area contributed by atoms with Crippen molar-refractivity contribution in [1.82, 2.24) is 23.5 Å². The van der Waals surface area contributed by atoms with Crippen molar-refractivity contribution >= 4 is 27.1 Å². The molecule has 9 nitrogen and oxygen atoms in total. The number of fused-ring (bicyclic) bond motifs is 1. The zero-order chi connectivity index (χ0) is 20.6. The zero-order valence-corrected chi connectivity index (χ0v) is 17.4. The average molecular weight is 420 g/mol. The van der Waals surface area contributed by atoms with Gasteiger partial charge in [0.1, 0.15) is 5.69 Å². The second-order valence-electron chi connectivity index (χ2n) is 7.52. The van der Waals surface area contributed by atoms with E-state index < -0.39 is 10.2 Å². The molecule has 2 aromatic rings. The number of para-hydroxylation sites is 2. The van der Waals surface area contributed by atoms with Gasteiger partial charge in [-0.1, -0.05) is 12.1 Å². The number of hydrogen-bond donors (Lipinski definition) is 0. The monoisotopic (exact) mass is 419 g/mol. The minimum atomic E-state index is -3.57. The molecule has 0 bridgehead atoms. The minimum Gasteiger partial charge on any atom is -0.373 e. The molecule has 2 saturated heterocycles.